The van der Waals surface area contributed by atoms with Gasteiger partial charge in [-0.25, -0.2) is 0 Å². The molecule has 1 heteroatoms. The molecule has 78 valence electrons. The summed E-state index contributed by atoms with van der Waals surface area (Å²) >= 11 is 0. The van der Waals surface area contributed by atoms with E-state index in [4.69, 9.17) is 0 Å². The molecule has 0 saturated carbocycles. The molecule has 1 aromatic carbocycles. The van der Waals surface area contributed by atoms with Crippen LogP contribution in [0.5, 0.6) is 0 Å². The van der Waals surface area contributed by atoms with Crippen LogP contribution in [0.2, 0.25) is 0 Å². The van der Waals surface area contributed by atoms with Gasteiger partial charge in [-0.3, -0.25) is 4.79 Å². The van der Waals surface area contributed by atoms with Gasteiger partial charge >= 0.3 is 0 Å². The van der Waals surface area contributed by atoms with E-state index in [1.165, 1.54) is 17.2 Å². The molecule has 1 rings (SSSR count). The number of carbonyl (C=O) groups excluding carboxylic acids is 1. The van der Waals surface area contributed by atoms with Gasteiger partial charge < -0.3 is 0 Å². The molecule has 15 heavy (non-hydrogen) atoms. The van der Waals surface area contributed by atoms with Crippen molar-refractivity contribution in [2.75, 3.05) is 0 Å². The highest BCUT2D eigenvalue weighted by atomic mass is 16.1. The van der Waals surface area contributed by atoms with Crippen LogP contribution in [-0.4, -0.2) is 6.29 Å². The summed E-state index contributed by atoms with van der Waals surface area (Å²) in [5, 5.41) is 0. The van der Waals surface area contributed by atoms with Crippen molar-refractivity contribution in [2.24, 2.45) is 0 Å². The lowest BCUT2D eigenvalue weighted by Gasteiger charge is -1.98. The fourth-order valence-corrected chi connectivity index (χ4v) is 1.35. The normalized spacial score (nSPS) is 12.0. The van der Waals surface area contributed by atoms with Gasteiger partial charge in [0.25, 0.3) is 0 Å². The van der Waals surface area contributed by atoms with E-state index >= 15 is 0 Å². The minimum atomic E-state index is 0.789. The Morgan fingerprint density at radius 2 is 1.93 bits per heavy atom. The van der Waals surface area contributed by atoms with Gasteiger partial charge in [-0.2, -0.15) is 0 Å². The third-order valence-electron chi connectivity index (χ3n) is 2.22. The topological polar surface area (TPSA) is 17.1 Å². The van der Waals surface area contributed by atoms with Gasteiger partial charge in [0, 0.05) is 0 Å². The third-order valence-corrected chi connectivity index (χ3v) is 2.22. The van der Waals surface area contributed by atoms with Crippen molar-refractivity contribution in [3.05, 3.63) is 53.1 Å². The lowest BCUT2D eigenvalue weighted by molar-refractivity contribution is -0.104. The second-order valence-electron chi connectivity index (χ2n) is 3.48. The first-order chi connectivity index (χ1) is 7.26. The van der Waals surface area contributed by atoms with E-state index in [-0.39, 0.29) is 0 Å². The van der Waals surface area contributed by atoms with Gasteiger partial charge in [0.2, 0.25) is 0 Å². The van der Waals surface area contributed by atoms with Crippen molar-refractivity contribution in [3.63, 3.8) is 0 Å². The Bertz CT molecular complexity index is 369. The van der Waals surface area contributed by atoms with Crippen molar-refractivity contribution in [2.45, 2.75) is 20.3 Å². The molecule has 0 N–H and O–H groups in total. The van der Waals surface area contributed by atoms with Crippen molar-refractivity contribution < 1.29 is 4.79 Å². The first kappa shape index (κ1) is 11.4. The average Bonchev–Trinajstić information content (AvgIpc) is 2.27. The fourth-order valence-electron chi connectivity index (χ4n) is 1.35. The maximum Gasteiger partial charge on any atom is 0.142 e. The number of allylic oxidation sites excluding steroid dienone is 3. The van der Waals surface area contributed by atoms with Crippen LogP contribution >= 0.6 is 0 Å². The highest BCUT2D eigenvalue weighted by Crippen LogP contribution is 2.09. The van der Waals surface area contributed by atoms with Crippen LogP contribution in [0.1, 0.15) is 25.0 Å². The first-order valence-electron chi connectivity index (χ1n) is 5.15. The maximum absolute atomic E-state index is 10.1. The molecule has 0 spiro atoms. The Morgan fingerprint density at radius 1 is 1.27 bits per heavy atom. The van der Waals surface area contributed by atoms with E-state index in [0.29, 0.717) is 0 Å². The Kier molecular flexibility index (Phi) is 4.55. The van der Waals surface area contributed by atoms with Crippen LogP contribution in [0, 0.1) is 0 Å². The van der Waals surface area contributed by atoms with Crippen LogP contribution in [-0.2, 0) is 11.2 Å². The lowest BCUT2D eigenvalue weighted by Crippen LogP contribution is -1.80. The average molecular weight is 200 g/mol. The second-order valence-corrected chi connectivity index (χ2v) is 3.48. The molecule has 0 aromatic heterocycles. The second kappa shape index (κ2) is 5.97. The monoisotopic (exact) mass is 200 g/mol. The number of aryl methyl sites for hydroxylation is 1. The molecule has 1 nitrogen and oxygen atoms in total. The van der Waals surface area contributed by atoms with Gasteiger partial charge in [-0.15, -0.1) is 0 Å². The molecular weight excluding hydrogens is 184 g/mol. The van der Waals surface area contributed by atoms with Crippen molar-refractivity contribution in [1.82, 2.24) is 0 Å². The quantitative estimate of drug-likeness (QED) is 0.413. The molecule has 0 bridgehead atoms. The SMILES string of the molecule is CCc1ccc(/C=C(C)/C=C/C=O)cc1. The minimum Gasteiger partial charge on any atom is -0.299 e. The first-order valence-corrected chi connectivity index (χ1v) is 5.15. The predicted molar refractivity (Wildman–Crippen MR) is 64.7 cm³/mol. The van der Waals surface area contributed by atoms with E-state index in [1.807, 2.05) is 6.92 Å². The molecule has 0 aliphatic rings. The maximum atomic E-state index is 10.1. The Hall–Kier alpha value is -1.63. The largest absolute Gasteiger partial charge is 0.299 e. The zero-order chi connectivity index (χ0) is 11.1. The molecule has 0 heterocycles. The summed E-state index contributed by atoms with van der Waals surface area (Å²) in [6.45, 7) is 4.12. The predicted octanol–water partition coefficient (Wildman–Crippen LogP) is 3.41. The molecule has 0 amide bonds. The molecule has 0 saturated heterocycles. The zero-order valence-electron chi connectivity index (χ0n) is 9.23. The van der Waals surface area contributed by atoms with Gasteiger partial charge in [0.05, 0.1) is 0 Å². The molecular formula is C14H16O. The van der Waals surface area contributed by atoms with Crippen LogP contribution in [0.25, 0.3) is 6.08 Å². The van der Waals surface area contributed by atoms with E-state index < -0.39 is 0 Å². The number of carbonyl (C=O) groups is 1. The number of hydrogen-bond acceptors (Lipinski definition) is 1. The summed E-state index contributed by atoms with van der Waals surface area (Å²) in [5.41, 5.74) is 3.58. The van der Waals surface area contributed by atoms with Gasteiger partial charge in [-0.1, -0.05) is 48.9 Å². The summed E-state index contributed by atoms with van der Waals surface area (Å²) in [7, 11) is 0. The highest BCUT2D eigenvalue weighted by molar-refractivity contribution is 5.67. The molecule has 0 fully saturated rings. The van der Waals surface area contributed by atoms with E-state index in [0.717, 1.165) is 18.3 Å². The standard InChI is InChI=1S/C14H16O/c1-3-13-6-8-14(9-7-13)11-12(2)5-4-10-15/h4-11H,3H2,1-2H3/b5-4+,12-11+. The zero-order valence-corrected chi connectivity index (χ0v) is 9.23. The highest BCUT2D eigenvalue weighted by Gasteiger charge is 1.90. The smallest absolute Gasteiger partial charge is 0.142 e. The molecule has 0 aliphatic heterocycles. The molecule has 0 unspecified atom stereocenters. The summed E-state index contributed by atoms with van der Waals surface area (Å²) in [4.78, 5) is 10.1. The van der Waals surface area contributed by atoms with Gasteiger partial charge in [0.1, 0.15) is 6.29 Å². The number of aldehydes is 1. The summed E-state index contributed by atoms with van der Waals surface area (Å²) in [6.07, 6.45) is 7.22. The Morgan fingerprint density at radius 3 is 2.47 bits per heavy atom. The van der Waals surface area contributed by atoms with Crippen molar-refractivity contribution in [1.29, 1.82) is 0 Å². The van der Waals surface area contributed by atoms with Crippen molar-refractivity contribution in [3.8, 4) is 0 Å². The molecule has 0 radical (unpaired) electrons. The van der Waals surface area contributed by atoms with E-state index in [1.54, 1.807) is 6.08 Å². The molecule has 0 atom stereocenters. The fraction of sp³-hybridized carbons (Fsp3) is 0.214. The number of rotatable bonds is 4. The van der Waals surface area contributed by atoms with Crippen LogP contribution < -0.4 is 0 Å². The summed E-state index contributed by atoms with van der Waals surface area (Å²) in [6, 6.07) is 8.44. The van der Waals surface area contributed by atoms with Crippen LogP contribution in [0.15, 0.2) is 42.0 Å². The van der Waals surface area contributed by atoms with Gasteiger partial charge in [0.15, 0.2) is 0 Å². The summed E-state index contributed by atoms with van der Waals surface area (Å²) in [5.74, 6) is 0. The molecule has 0 aliphatic carbocycles. The summed E-state index contributed by atoms with van der Waals surface area (Å²) < 4.78 is 0. The van der Waals surface area contributed by atoms with E-state index in [9.17, 15) is 4.79 Å². The third kappa shape index (κ3) is 3.94. The molecule has 1 aromatic rings. The van der Waals surface area contributed by atoms with Crippen molar-refractivity contribution >= 4 is 12.4 Å². The van der Waals surface area contributed by atoms with Crippen LogP contribution in [0.4, 0.5) is 0 Å². The number of hydrogen-bond donors (Lipinski definition) is 0. The lowest BCUT2D eigenvalue weighted by atomic mass is 10.1. The Labute approximate surface area is 91.1 Å². The Balaban J connectivity index is 2.79. The van der Waals surface area contributed by atoms with Gasteiger partial charge in [-0.05, 0) is 30.5 Å². The number of benzene rings is 1. The minimum absolute atomic E-state index is 0.789. The van der Waals surface area contributed by atoms with Crippen LogP contribution in [0.3, 0.4) is 0 Å². The van der Waals surface area contributed by atoms with E-state index in [2.05, 4.69) is 37.3 Å².